The van der Waals surface area contributed by atoms with Crippen LogP contribution in [0, 0.1) is 5.92 Å². The van der Waals surface area contributed by atoms with Gasteiger partial charge in [-0.1, -0.05) is 32.4 Å². The molecule has 1 amide bonds. The Labute approximate surface area is 139 Å². The largest absolute Gasteiger partial charge is 0.331 e. The number of benzene rings is 1. The van der Waals surface area contributed by atoms with Gasteiger partial charge in [-0.15, -0.1) is 11.3 Å². The molecule has 1 aliphatic heterocycles. The van der Waals surface area contributed by atoms with Gasteiger partial charge in [0.2, 0.25) is 11.7 Å². The van der Waals surface area contributed by atoms with E-state index < -0.39 is 12.1 Å². The molecule has 0 aliphatic carbocycles. The van der Waals surface area contributed by atoms with E-state index in [1.165, 1.54) is 11.3 Å². The maximum Gasteiger partial charge on any atom is 0.240 e. The molecule has 3 rings (SSSR count). The summed E-state index contributed by atoms with van der Waals surface area (Å²) >= 11 is 1.39. The quantitative estimate of drug-likeness (QED) is 0.854. The van der Waals surface area contributed by atoms with Gasteiger partial charge in [0.1, 0.15) is 0 Å². The molecule has 23 heavy (non-hydrogen) atoms. The van der Waals surface area contributed by atoms with Crippen LogP contribution in [-0.2, 0) is 4.79 Å². The highest BCUT2D eigenvalue weighted by Crippen LogP contribution is 2.28. The van der Waals surface area contributed by atoms with Gasteiger partial charge in [-0.25, -0.2) is 4.98 Å². The molecule has 2 heterocycles. The number of thiazole rings is 1. The summed E-state index contributed by atoms with van der Waals surface area (Å²) in [6.07, 6.45) is 1.53. The van der Waals surface area contributed by atoms with E-state index >= 15 is 0 Å². The van der Waals surface area contributed by atoms with Crippen molar-refractivity contribution in [2.24, 2.45) is 11.7 Å². The number of nitrogens with two attached hydrogens (primary N) is 1. The number of nitrogens with zero attached hydrogens (tertiary/aromatic N) is 2. The Kier molecular flexibility index (Phi) is 4.46. The molecule has 2 aromatic rings. The minimum atomic E-state index is -0.536. The second-order valence-corrected chi connectivity index (χ2v) is 7.13. The molecule has 6 heteroatoms. The van der Waals surface area contributed by atoms with Crippen molar-refractivity contribution in [1.82, 2.24) is 9.88 Å². The van der Waals surface area contributed by atoms with Gasteiger partial charge >= 0.3 is 0 Å². The molecule has 1 aliphatic rings. The zero-order chi connectivity index (χ0) is 16.6. The molecule has 0 saturated carbocycles. The van der Waals surface area contributed by atoms with Gasteiger partial charge in [0, 0.05) is 6.54 Å². The average Bonchev–Trinajstić information content (AvgIpc) is 2.96. The van der Waals surface area contributed by atoms with E-state index in [1.807, 2.05) is 38.1 Å². The summed E-state index contributed by atoms with van der Waals surface area (Å²) in [4.78, 5) is 31.2. The first kappa shape index (κ1) is 16.1. The number of ketones is 1. The summed E-state index contributed by atoms with van der Waals surface area (Å²) in [6.45, 7) is 4.58. The molecular formula is C17H21N3O2S. The van der Waals surface area contributed by atoms with Crippen molar-refractivity contribution in [3.05, 3.63) is 29.3 Å². The van der Waals surface area contributed by atoms with E-state index in [4.69, 9.17) is 5.73 Å². The Balaban J connectivity index is 1.76. The standard InChI is InChI=1S/C17H21N3O2S/c1-3-10(2)14(18)17(22)20-9-8-12(20)15(21)16-19-11-6-4-5-7-13(11)23-16/h4-7,10,12,14H,3,8-9,18H2,1-2H3/t10-,12-,14-/m0/s1. The highest BCUT2D eigenvalue weighted by Gasteiger charge is 2.41. The second-order valence-electron chi connectivity index (χ2n) is 6.10. The van der Waals surface area contributed by atoms with Crippen LogP contribution in [0.5, 0.6) is 0 Å². The molecule has 0 radical (unpaired) electrons. The molecule has 0 spiro atoms. The summed E-state index contributed by atoms with van der Waals surface area (Å²) in [5.74, 6) is -0.0754. The zero-order valence-corrected chi connectivity index (χ0v) is 14.2. The fourth-order valence-corrected chi connectivity index (χ4v) is 3.69. The lowest BCUT2D eigenvalue weighted by Crippen LogP contribution is -2.60. The summed E-state index contributed by atoms with van der Waals surface area (Å²) < 4.78 is 0.990. The Morgan fingerprint density at radius 3 is 2.78 bits per heavy atom. The third kappa shape index (κ3) is 2.88. The number of carbonyl (C=O) groups excluding carboxylic acids is 2. The van der Waals surface area contributed by atoms with Crippen LogP contribution in [0.2, 0.25) is 0 Å². The number of aromatic nitrogens is 1. The van der Waals surface area contributed by atoms with Crippen LogP contribution in [0.3, 0.4) is 0 Å². The van der Waals surface area contributed by atoms with Gasteiger partial charge in [0.05, 0.1) is 22.3 Å². The Bertz CT molecular complexity index is 709. The summed E-state index contributed by atoms with van der Waals surface area (Å²) in [7, 11) is 0. The van der Waals surface area contributed by atoms with Crippen LogP contribution in [-0.4, -0.2) is 40.2 Å². The van der Waals surface area contributed by atoms with Gasteiger partial charge in [0.15, 0.2) is 5.01 Å². The third-order valence-corrected chi connectivity index (χ3v) is 5.70. The van der Waals surface area contributed by atoms with Crippen molar-refractivity contribution in [3.8, 4) is 0 Å². The first-order valence-electron chi connectivity index (χ1n) is 7.98. The van der Waals surface area contributed by atoms with Gasteiger partial charge in [0.25, 0.3) is 0 Å². The number of carbonyl (C=O) groups is 2. The van der Waals surface area contributed by atoms with E-state index in [9.17, 15) is 9.59 Å². The molecule has 3 atom stereocenters. The number of rotatable bonds is 5. The monoisotopic (exact) mass is 331 g/mol. The van der Waals surface area contributed by atoms with Gasteiger partial charge in [-0.2, -0.15) is 0 Å². The molecule has 122 valence electrons. The molecule has 5 nitrogen and oxygen atoms in total. The lowest BCUT2D eigenvalue weighted by atomic mass is 9.93. The van der Waals surface area contributed by atoms with Crippen LogP contribution in [0.1, 0.15) is 36.5 Å². The highest BCUT2D eigenvalue weighted by molar-refractivity contribution is 7.20. The first-order valence-corrected chi connectivity index (χ1v) is 8.80. The van der Waals surface area contributed by atoms with Gasteiger partial charge < -0.3 is 10.6 Å². The van der Waals surface area contributed by atoms with Crippen LogP contribution in [0.4, 0.5) is 0 Å². The third-order valence-electron chi connectivity index (χ3n) is 4.65. The molecule has 1 aromatic heterocycles. The van der Waals surface area contributed by atoms with Crippen LogP contribution < -0.4 is 5.73 Å². The van der Waals surface area contributed by atoms with Crippen molar-refractivity contribution in [2.45, 2.75) is 38.8 Å². The fraction of sp³-hybridized carbons (Fsp3) is 0.471. The Morgan fingerprint density at radius 1 is 1.43 bits per heavy atom. The SMILES string of the molecule is CC[C@H](C)[C@H](N)C(=O)N1CC[C@H]1C(=O)c1nc2ccccc2s1. The van der Waals surface area contributed by atoms with Crippen LogP contribution in [0.25, 0.3) is 10.2 Å². The molecule has 0 bridgehead atoms. The number of fused-ring (bicyclic) bond motifs is 1. The Morgan fingerprint density at radius 2 is 2.17 bits per heavy atom. The second kappa shape index (κ2) is 6.37. The molecule has 1 aromatic carbocycles. The minimum Gasteiger partial charge on any atom is -0.331 e. The van der Waals surface area contributed by atoms with Crippen molar-refractivity contribution in [3.63, 3.8) is 0 Å². The topological polar surface area (TPSA) is 76.3 Å². The van der Waals surface area contributed by atoms with Crippen LogP contribution in [0.15, 0.2) is 24.3 Å². The summed E-state index contributed by atoms with van der Waals surface area (Å²) in [6, 6.07) is 6.74. The average molecular weight is 331 g/mol. The highest BCUT2D eigenvalue weighted by atomic mass is 32.1. The number of para-hydroxylation sites is 1. The molecule has 1 fully saturated rings. The molecule has 0 unspecified atom stereocenters. The first-order chi connectivity index (χ1) is 11.0. The van der Waals surface area contributed by atoms with E-state index in [0.717, 1.165) is 16.6 Å². The van der Waals surface area contributed by atoms with Crippen molar-refractivity contribution < 1.29 is 9.59 Å². The smallest absolute Gasteiger partial charge is 0.240 e. The maximum absolute atomic E-state index is 12.7. The normalized spacial score (nSPS) is 20.1. The van der Waals surface area contributed by atoms with E-state index in [-0.39, 0.29) is 17.6 Å². The zero-order valence-electron chi connectivity index (χ0n) is 13.4. The lowest BCUT2D eigenvalue weighted by Gasteiger charge is -2.41. The van der Waals surface area contributed by atoms with E-state index in [0.29, 0.717) is 18.0 Å². The van der Waals surface area contributed by atoms with Gasteiger partial charge in [-0.05, 0) is 24.5 Å². The number of hydrogen-bond acceptors (Lipinski definition) is 5. The number of Topliss-reactive ketones (excluding diaryl/α,β-unsaturated/α-hetero) is 1. The number of hydrogen-bond donors (Lipinski definition) is 1. The number of amides is 1. The van der Waals surface area contributed by atoms with Gasteiger partial charge in [-0.3, -0.25) is 9.59 Å². The van der Waals surface area contributed by atoms with Crippen LogP contribution >= 0.6 is 11.3 Å². The van der Waals surface area contributed by atoms with Crippen molar-refractivity contribution >= 4 is 33.2 Å². The minimum absolute atomic E-state index is 0.0675. The summed E-state index contributed by atoms with van der Waals surface area (Å²) in [5, 5.41) is 0.478. The maximum atomic E-state index is 12.7. The van der Waals surface area contributed by atoms with E-state index in [1.54, 1.807) is 4.90 Å². The molecule has 1 saturated heterocycles. The Hall–Kier alpha value is -1.79. The predicted octanol–water partition coefficient (Wildman–Crippen LogP) is 2.45. The number of likely N-dealkylation sites (tertiary alicyclic amines) is 1. The fourth-order valence-electron chi connectivity index (χ4n) is 2.73. The summed E-state index contributed by atoms with van der Waals surface area (Å²) in [5.41, 5.74) is 6.86. The predicted molar refractivity (Wildman–Crippen MR) is 91.5 cm³/mol. The van der Waals surface area contributed by atoms with Crippen molar-refractivity contribution in [1.29, 1.82) is 0 Å². The molecular weight excluding hydrogens is 310 g/mol. The molecule has 2 N–H and O–H groups in total. The van der Waals surface area contributed by atoms with E-state index in [2.05, 4.69) is 4.98 Å². The van der Waals surface area contributed by atoms with Crippen molar-refractivity contribution in [2.75, 3.05) is 6.54 Å². The lowest BCUT2D eigenvalue weighted by molar-refractivity contribution is -0.139.